The summed E-state index contributed by atoms with van der Waals surface area (Å²) in [6.07, 6.45) is 1.41. The zero-order chi connectivity index (χ0) is 13.1. The topological polar surface area (TPSA) is 26.3 Å². The van der Waals surface area contributed by atoms with E-state index in [4.69, 9.17) is 4.74 Å². The molecule has 0 saturated heterocycles. The molecule has 0 atom stereocenters. The van der Waals surface area contributed by atoms with Gasteiger partial charge in [0.15, 0.2) is 0 Å². The van der Waals surface area contributed by atoms with Crippen LogP contribution < -0.4 is 4.74 Å². The first kappa shape index (κ1) is 14.2. The molecule has 0 saturated carbocycles. The average molecular weight is 299 g/mol. The van der Waals surface area contributed by atoms with Crippen LogP contribution in [0.4, 0.5) is 0 Å². The number of Topliss-reactive ketones (excluding diaryl/α,β-unsaturated/α-hetero) is 1. The lowest BCUT2D eigenvalue weighted by atomic mass is 9.81. The van der Waals surface area contributed by atoms with Crippen molar-refractivity contribution in [3.05, 3.63) is 28.2 Å². The summed E-state index contributed by atoms with van der Waals surface area (Å²) in [5.41, 5.74) is 1.09. The van der Waals surface area contributed by atoms with Crippen LogP contribution in [0.3, 0.4) is 0 Å². The Hall–Kier alpha value is -0.830. The predicted molar refractivity (Wildman–Crippen MR) is 73.5 cm³/mol. The van der Waals surface area contributed by atoms with Crippen molar-refractivity contribution in [1.29, 1.82) is 0 Å². The van der Waals surface area contributed by atoms with Crippen molar-refractivity contribution in [2.24, 2.45) is 5.41 Å². The summed E-state index contributed by atoms with van der Waals surface area (Å²) >= 11 is 3.46. The third kappa shape index (κ3) is 4.50. The summed E-state index contributed by atoms with van der Waals surface area (Å²) in [6.45, 7) is 5.85. The molecule has 0 aromatic heterocycles. The van der Waals surface area contributed by atoms with Crippen LogP contribution in [0.25, 0.3) is 0 Å². The van der Waals surface area contributed by atoms with Crippen LogP contribution in [0.15, 0.2) is 22.7 Å². The lowest BCUT2D eigenvalue weighted by Gasteiger charge is -2.24. The van der Waals surface area contributed by atoms with Crippen LogP contribution in [0.5, 0.6) is 5.75 Å². The molecular weight excluding hydrogens is 280 g/mol. The van der Waals surface area contributed by atoms with Gasteiger partial charge in [-0.25, -0.2) is 0 Å². The van der Waals surface area contributed by atoms with Gasteiger partial charge in [0, 0.05) is 10.9 Å². The average Bonchev–Trinajstić information content (AvgIpc) is 2.14. The molecule has 3 heteroatoms. The molecule has 0 radical (unpaired) electrons. The van der Waals surface area contributed by atoms with Gasteiger partial charge in [-0.2, -0.15) is 0 Å². The SMILES string of the molecule is COc1ccc(Br)cc1CC(C)(C)CC(C)=O. The van der Waals surface area contributed by atoms with E-state index in [0.29, 0.717) is 6.42 Å². The second kappa shape index (κ2) is 5.67. The first-order valence-corrected chi connectivity index (χ1v) is 6.45. The Balaban J connectivity index is 2.93. The number of halogens is 1. The van der Waals surface area contributed by atoms with E-state index in [1.54, 1.807) is 14.0 Å². The number of carbonyl (C=O) groups excluding carboxylic acids is 1. The number of rotatable bonds is 5. The van der Waals surface area contributed by atoms with E-state index in [-0.39, 0.29) is 11.2 Å². The van der Waals surface area contributed by atoms with Crippen LogP contribution in [0.2, 0.25) is 0 Å². The van der Waals surface area contributed by atoms with E-state index in [1.807, 2.05) is 12.1 Å². The van der Waals surface area contributed by atoms with Crippen molar-refractivity contribution in [1.82, 2.24) is 0 Å². The van der Waals surface area contributed by atoms with Gasteiger partial charge in [-0.05, 0) is 42.5 Å². The van der Waals surface area contributed by atoms with Crippen molar-refractivity contribution < 1.29 is 9.53 Å². The number of benzene rings is 1. The Morgan fingerprint density at radius 2 is 2.06 bits per heavy atom. The number of ketones is 1. The highest BCUT2D eigenvalue weighted by Crippen LogP contribution is 2.32. The maximum absolute atomic E-state index is 11.2. The van der Waals surface area contributed by atoms with Crippen LogP contribution in [0, 0.1) is 5.41 Å². The number of hydrogen-bond donors (Lipinski definition) is 0. The van der Waals surface area contributed by atoms with Crippen molar-refractivity contribution >= 4 is 21.7 Å². The molecule has 17 heavy (non-hydrogen) atoms. The van der Waals surface area contributed by atoms with Crippen molar-refractivity contribution in [3.63, 3.8) is 0 Å². The van der Waals surface area contributed by atoms with Gasteiger partial charge in [0.2, 0.25) is 0 Å². The Labute approximate surface area is 111 Å². The van der Waals surface area contributed by atoms with Gasteiger partial charge >= 0.3 is 0 Å². The Morgan fingerprint density at radius 3 is 2.59 bits per heavy atom. The van der Waals surface area contributed by atoms with E-state index >= 15 is 0 Å². The highest BCUT2D eigenvalue weighted by atomic mass is 79.9. The molecule has 0 unspecified atom stereocenters. The van der Waals surface area contributed by atoms with Crippen molar-refractivity contribution in [3.8, 4) is 5.75 Å². The van der Waals surface area contributed by atoms with Gasteiger partial charge in [-0.3, -0.25) is 0 Å². The van der Waals surface area contributed by atoms with E-state index in [9.17, 15) is 4.79 Å². The fraction of sp³-hybridized carbons (Fsp3) is 0.500. The second-order valence-electron chi connectivity index (χ2n) is 5.18. The summed E-state index contributed by atoms with van der Waals surface area (Å²) in [7, 11) is 1.67. The zero-order valence-corrected chi connectivity index (χ0v) is 12.4. The minimum Gasteiger partial charge on any atom is -0.496 e. The molecule has 0 aliphatic rings. The van der Waals surface area contributed by atoms with Gasteiger partial charge in [-0.15, -0.1) is 0 Å². The van der Waals surface area contributed by atoms with E-state index in [1.165, 1.54) is 0 Å². The number of hydrogen-bond acceptors (Lipinski definition) is 2. The third-order valence-corrected chi connectivity index (χ3v) is 3.13. The maximum Gasteiger partial charge on any atom is 0.130 e. The summed E-state index contributed by atoms with van der Waals surface area (Å²) in [6, 6.07) is 5.96. The first-order chi connectivity index (χ1) is 7.84. The molecule has 0 heterocycles. The molecule has 1 aromatic rings. The number of carbonyl (C=O) groups is 1. The van der Waals surface area contributed by atoms with Crippen LogP contribution >= 0.6 is 15.9 Å². The quantitative estimate of drug-likeness (QED) is 0.821. The molecule has 0 fully saturated rings. The van der Waals surface area contributed by atoms with Crippen LogP contribution in [-0.2, 0) is 11.2 Å². The normalized spacial score (nSPS) is 11.4. The highest BCUT2D eigenvalue weighted by Gasteiger charge is 2.22. The Morgan fingerprint density at radius 1 is 1.41 bits per heavy atom. The maximum atomic E-state index is 11.2. The lowest BCUT2D eigenvalue weighted by molar-refractivity contribution is -0.118. The van der Waals surface area contributed by atoms with Crippen molar-refractivity contribution in [2.75, 3.05) is 7.11 Å². The summed E-state index contributed by atoms with van der Waals surface area (Å²) < 4.78 is 6.38. The zero-order valence-electron chi connectivity index (χ0n) is 10.8. The Bertz CT molecular complexity index is 411. The highest BCUT2D eigenvalue weighted by molar-refractivity contribution is 9.10. The molecule has 0 aliphatic heterocycles. The molecule has 0 N–H and O–H groups in total. The molecule has 0 aliphatic carbocycles. The third-order valence-electron chi connectivity index (χ3n) is 2.64. The molecule has 94 valence electrons. The second-order valence-corrected chi connectivity index (χ2v) is 6.09. The van der Waals surface area contributed by atoms with E-state index in [0.717, 1.165) is 22.2 Å². The minimum absolute atomic E-state index is 0.0418. The smallest absolute Gasteiger partial charge is 0.130 e. The summed E-state index contributed by atoms with van der Waals surface area (Å²) in [4.78, 5) is 11.2. The van der Waals surface area contributed by atoms with Gasteiger partial charge in [-0.1, -0.05) is 29.8 Å². The fourth-order valence-electron chi connectivity index (χ4n) is 2.14. The molecule has 0 spiro atoms. The molecule has 1 aromatic carbocycles. The Kier molecular flexibility index (Phi) is 4.75. The predicted octanol–water partition coefficient (Wildman–Crippen LogP) is 4.01. The van der Waals surface area contributed by atoms with E-state index in [2.05, 4.69) is 35.8 Å². The van der Waals surface area contributed by atoms with Gasteiger partial charge < -0.3 is 9.53 Å². The van der Waals surface area contributed by atoms with Gasteiger partial charge in [0.1, 0.15) is 11.5 Å². The largest absolute Gasteiger partial charge is 0.496 e. The standard InChI is InChI=1S/C14H19BrO2/c1-10(16)8-14(2,3)9-11-7-12(15)5-6-13(11)17-4/h5-7H,8-9H2,1-4H3. The molecule has 1 rings (SSSR count). The van der Waals surface area contributed by atoms with E-state index < -0.39 is 0 Å². The lowest BCUT2D eigenvalue weighted by Crippen LogP contribution is -2.19. The monoisotopic (exact) mass is 298 g/mol. The molecular formula is C14H19BrO2. The van der Waals surface area contributed by atoms with Crippen LogP contribution in [-0.4, -0.2) is 12.9 Å². The minimum atomic E-state index is -0.0418. The number of methoxy groups -OCH3 is 1. The van der Waals surface area contributed by atoms with Crippen molar-refractivity contribution in [2.45, 2.75) is 33.6 Å². The number of ether oxygens (including phenoxy) is 1. The molecule has 2 nitrogen and oxygen atoms in total. The molecule has 0 amide bonds. The summed E-state index contributed by atoms with van der Waals surface area (Å²) in [5, 5.41) is 0. The van der Waals surface area contributed by atoms with Crippen LogP contribution in [0.1, 0.15) is 32.8 Å². The fourth-order valence-corrected chi connectivity index (χ4v) is 2.55. The molecule has 0 bridgehead atoms. The van der Waals surface area contributed by atoms with Gasteiger partial charge in [0.05, 0.1) is 7.11 Å². The first-order valence-electron chi connectivity index (χ1n) is 5.66. The summed E-state index contributed by atoms with van der Waals surface area (Å²) in [5.74, 6) is 1.11. The van der Waals surface area contributed by atoms with Gasteiger partial charge in [0.25, 0.3) is 0 Å².